The van der Waals surface area contributed by atoms with Crippen LogP contribution in [0.3, 0.4) is 0 Å². The van der Waals surface area contributed by atoms with Crippen LogP contribution in [-0.2, 0) is 0 Å². The zero-order chi connectivity index (χ0) is 3.46. The Morgan fingerprint density at radius 1 is 0.667 bits per heavy atom. The molecule has 0 N–H and O–H groups in total. The van der Waals surface area contributed by atoms with E-state index in [4.69, 9.17) is 0 Å². The predicted octanol–water partition coefficient (Wildman–Crippen LogP) is 0.802. The van der Waals surface area contributed by atoms with Crippen LogP contribution >= 0.6 is 0 Å². The van der Waals surface area contributed by atoms with Crippen molar-refractivity contribution < 1.29 is 0 Å². The maximum Gasteiger partial charge on any atom is -0.00534 e. The summed E-state index contributed by atoms with van der Waals surface area (Å²) in [6, 6.07) is 0. The first-order valence-corrected chi connectivity index (χ1v) is 2.74. The van der Waals surface area contributed by atoms with Crippen LogP contribution in [0.2, 0.25) is 0 Å². The third-order valence-electron chi connectivity index (χ3n) is 3.10. The minimum Gasteiger partial charge on any atom is -0.0617 e. The van der Waals surface area contributed by atoms with E-state index in [1.54, 1.807) is 0 Å². The second-order valence-corrected chi connectivity index (χ2v) is 3.01. The van der Waals surface area contributed by atoms with Crippen molar-refractivity contribution in [2.24, 2.45) is 23.7 Å². The standard InChI is InChI=1S/C6H4/c1-2-3(1)6-4(1)5(2)6/h1-2,4-5H. The van der Waals surface area contributed by atoms with Gasteiger partial charge < -0.3 is 0 Å². The Morgan fingerprint density at radius 2 is 1.00 bits per heavy atom. The van der Waals surface area contributed by atoms with Gasteiger partial charge in [-0.15, -0.1) is 0 Å². The van der Waals surface area contributed by atoms with Crippen LogP contribution < -0.4 is 0 Å². The van der Waals surface area contributed by atoms with Crippen molar-refractivity contribution in [3.8, 4) is 0 Å². The second kappa shape index (κ2) is 0.211. The number of rotatable bonds is 0. The highest BCUT2D eigenvalue weighted by atomic mass is 14.9. The lowest BCUT2D eigenvalue weighted by Crippen LogP contribution is -2.00. The average molecular weight is 76.1 g/mol. The van der Waals surface area contributed by atoms with E-state index in [2.05, 4.69) is 0 Å². The molecule has 0 aromatic heterocycles. The Kier molecular flexibility index (Phi) is 0.0593. The number of allylic oxidation sites excluding steroid dienone is 2. The molecule has 0 bridgehead atoms. The Hall–Kier alpha value is -0.260. The summed E-state index contributed by atoms with van der Waals surface area (Å²) < 4.78 is 0. The largest absolute Gasteiger partial charge is 0.0617 e. The SMILES string of the molecule is C12=C3C4C1C2C34. The van der Waals surface area contributed by atoms with Gasteiger partial charge in [-0.2, -0.15) is 0 Å². The van der Waals surface area contributed by atoms with E-state index in [0.29, 0.717) is 0 Å². The van der Waals surface area contributed by atoms with Crippen LogP contribution in [0.4, 0.5) is 0 Å². The highest BCUT2D eigenvalue weighted by molar-refractivity contribution is 5.75. The summed E-state index contributed by atoms with van der Waals surface area (Å²) in [5.41, 5.74) is 3.81. The molecule has 3 saturated carbocycles. The molecule has 6 heavy (non-hydrogen) atoms. The minimum atomic E-state index is 1.21. The molecule has 28 valence electrons. The summed E-state index contributed by atoms with van der Waals surface area (Å²) in [6.07, 6.45) is 0. The lowest BCUT2D eigenvalue weighted by atomic mass is 10.0. The fourth-order valence-corrected chi connectivity index (χ4v) is 2.71. The first kappa shape index (κ1) is 1.69. The van der Waals surface area contributed by atoms with Gasteiger partial charge in [-0.1, -0.05) is 11.1 Å². The maximum atomic E-state index is 1.91. The quantitative estimate of drug-likeness (QED) is 0.374. The van der Waals surface area contributed by atoms with Gasteiger partial charge in [0.2, 0.25) is 0 Å². The molecule has 0 aromatic rings. The van der Waals surface area contributed by atoms with Crippen molar-refractivity contribution in [2.75, 3.05) is 0 Å². The van der Waals surface area contributed by atoms with Gasteiger partial charge >= 0.3 is 0 Å². The van der Waals surface area contributed by atoms with Crippen molar-refractivity contribution in [1.82, 2.24) is 0 Å². The normalized spacial score (nSPS) is 84.0. The first-order chi connectivity index (χ1) is 3.00. The van der Waals surface area contributed by atoms with Gasteiger partial charge in [-0.3, -0.25) is 0 Å². The van der Waals surface area contributed by atoms with E-state index >= 15 is 0 Å². The van der Waals surface area contributed by atoms with Crippen LogP contribution in [0.5, 0.6) is 0 Å². The summed E-state index contributed by atoms with van der Waals surface area (Å²) in [5, 5.41) is 0. The molecule has 0 unspecified atom stereocenters. The Morgan fingerprint density at radius 3 is 1.17 bits per heavy atom. The van der Waals surface area contributed by atoms with E-state index in [-0.39, 0.29) is 0 Å². The molecular weight excluding hydrogens is 72.1 g/mol. The molecule has 3 fully saturated rings. The predicted molar refractivity (Wildman–Crippen MR) is 21.0 cm³/mol. The third-order valence-corrected chi connectivity index (χ3v) is 3.10. The fraction of sp³-hybridized carbons (Fsp3) is 0.667. The molecule has 0 radical (unpaired) electrons. The van der Waals surface area contributed by atoms with Crippen molar-refractivity contribution in [3.63, 3.8) is 0 Å². The second-order valence-electron chi connectivity index (χ2n) is 3.01. The molecular formula is C6H4. The lowest BCUT2D eigenvalue weighted by Gasteiger charge is -2.00. The maximum absolute atomic E-state index is 1.91. The molecule has 0 aliphatic heterocycles. The van der Waals surface area contributed by atoms with Gasteiger partial charge in [0.1, 0.15) is 0 Å². The van der Waals surface area contributed by atoms with Gasteiger partial charge in [0.15, 0.2) is 0 Å². The van der Waals surface area contributed by atoms with Crippen molar-refractivity contribution in [3.05, 3.63) is 11.1 Å². The first-order valence-electron chi connectivity index (χ1n) is 2.74. The van der Waals surface area contributed by atoms with Gasteiger partial charge in [0.05, 0.1) is 0 Å². The molecule has 0 saturated heterocycles. The smallest absolute Gasteiger partial charge is 0.00534 e. The van der Waals surface area contributed by atoms with Crippen LogP contribution in [0.25, 0.3) is 0 Å². The fourth-order valence-electron chi connectivity index (χ4n) is 2.71. The Bertz CT molecular complexity index is 150. The summed E-state index contributed by atoms with van der Waals surface area (Å²) in [4.78, 5) is 0. The summed E-state index contributed by atoms with van der Waals surface area (Å²) >= 11 is 0. The molecule has 0 nitrogen and oxygen atoms in total. The highest BCUT2D eigenvalue weighted by Gasteiger charge is 2.89. The van der Waals surface area contributed by atoms with Crippen LogP contribution in [0.1, 0.15) is 0 Å². The number of hydrogen-bond donors (Lipinski definition) is 0. The average Bonchev–Trinajstić information content (AvgIpc) is 1.64. The van der Waals surface area contributed by atoms with Crippen molar-refractivity contribution in [1.29, 1.82) is 0 Å². The number of hydrogen-bond acceptors (Lipinski definition) is 0. The minimum absolute atomic E-state index is 1.21. The zero-order valence-corrected chi connectivity index (χ0v) is 3.31. The molecule has 0 spiro atoms. The topological polar surface area (TPSA) is 0 Å². The highest BCUT2D eigenvalue weighted by Crippen LogP contribution is 2.96. The van der Waals surface area contributed by atoms with Crippen molar-refractivity contribution in [2.45, 2.75) is 0 Å². The monoisotopic (exact) mass is 76.0 g/mol. The lowest BCUT2D eigenvalue weighted by molar-refractivity contribution is 0.434. The van der Waals surface area contributed by atoms with Gasteiger partial charge in [-0.05, 0) is 23.7 Å². The molecule has 0 heterocycles. The van der Waals surface area contributed by atoms with Crippen LogP contribution in [-0.4, -0.2) is 0 Å². The Labute approximate surface area is 35.9 Å². The molecule has 0 amide bonds. The van der Waals surface area contributed by atoms with Gasteiger partial charge in [0, 0.05) is 0 Å². The molecule has 0 heteroatoms. The van der Waals surface area contributed by atoms with Crippen LogP contribution in [0.15, 0.2) is 11.1 Å². The third kappa shape index (κ3) is 0.0279. The molecule has 0 atom stereocenters. The summed E-state index contributed by atoms with van der Waals surface area (Å²) in [5.74, 6) is 4.85. The van der Waals surface area contributed by atoms with Crippen molar-refractivity contribution >= 4 is 0 Å². The van der Waals surface area contributed by atoms with Gasteiger partial charge in [-0.25, -0.2) is 0 Å². The van der Waals surface area contributed by atoms with E-state index in [9.17, 15) is 0 Å². The van der Waals surface area contributed by atoms with Gasteiger partial charge in [0.25, 0.3) is 0 Å². The molecule has 5 aliphatic rings. The van der Waals surface area contributed by atoms with E-state index < -0.39 is 0 Å². The Balaban J connectivity index is 2.64. The molecule has 5 aliphatic carbocycles. The molecule has 5 rings (SSSR count). The summed E-state index contributed by atoms with van der Waals surface area (Å²) in [6.45, 7) is 0. The van der Waals surface area contributed by atoms with E-state index in [0.717, 1.165) is 0 Å². The van der Waals surface area contributed by atoms with E-state index in [1.807, 2.05) is 11.1 Å². The van der Waals surface area contributed by atoms with Crippen LogP contribution in [0, 0.1) is 23.7 Å². The zero-order valence-electron chi connectivity index (χ0n) is 3.31. The summed E-state index contributed by atoms with van der Waals surface area (Å²) in [7, 11) is 0. The van der Waals surface area contributed by atoms with E-state index in [1.165, 1.54) is 23.7 Å². The molecule has 0 aromatic carbocycles.